The number of likely N-dealkylation sites (tertiary alicyclic amines) is 1. The van der Waals surface area contributed by atoms with E-state index in [1.165, 1.54) is 19.3 Å². The number of hydrogen-bond donors (Lipinski definition) is 0. The van der Waals surface area contributed by atoms with E-state index in [4.69, 9.17) is 0 Å². The van der Waals surface area contributed by atoms with Crippen molar-refractivity contribution in [3.05, 3.63) is 0 Å². The quantitative estimate of drug-likeness (QED) is 0.305. The highest BCUT2D eigenvalue weighted by Gasteiger charge is 2.62. The predicted octanol–water partition coefficient (Wildman–Crippen LogP) is 13.7. The smallest absolute Gasteiger partial charge is 0.0160 e. The van der Waals surface area contributed by atoms with Crippen molar-refractivity contribution in [1.29, 1.82) is 0 Å². The zero-order valence-electron chi connectivity index (χ0n) is 32.7. The molecule has 6 aliphatic carbocycles. The number of fused-ring (bicyclic) bond motifs is 8. The molecule has 1 heterocycles. The highest BCUT2D eigenvalue weighted by molar-refractivity contribution is 5.13. The Balaban J connectivity index is 0.000000457. The van der Waals surface area contributed by atoms with E-state index in [1.807, 2.05) is 55.4 Å². The fraction of sp³-hybridized carbons (Fsp3) is 1.00. The lowest BCUT2D eigenvalue weighted by Crippen LogP contribution is -2.40. The van der Waals surface area contributed by atoms with Crippen molar-refractivity contribution in [3.8, 4) is 0 Å². The van der Waals surface area contributed by atoms with Crippen molar-refractivity contribution in [1.82, 2.24) is 4.90 Å². The van der Waals surface area contributed by atoms with Gasteiger partial charge in [0.05, 0.1) is 0 Å². The molecule has 6 saturated carbocycles. The summed E-state index contributed by atoms with van der Waals surface area (Å²) < 4.78 is 0. The molecule has 262 valence electrons. The SMILES string of the molecule is CC.CC.CC.CC.CCC(C)C.CN1C2CCCCC2C2C(CC3C4CCCCC4C4CCCCC43)C3CCCCC3C21. The Morgan fingerprint density at radius 1 is 0.477 bits per heavy atom. The van der Waals surface area contributed by atoms with Gasteiger partial charge in [0.25, 0.3) is 0 Å². The Hall–Kier alpha value is -0.0400. The molecule has 7 aliphatic rings. The van der Waals surface area contributed by atoms with Gasteiger partial charge in [-0.3, -0.25) is 4.90 Å². The second-order valence-electron chi connectivity index (χ2n) is 15.5. The van der Waals surface area contributed by atoms with Crippen molar-refractivity contribution in [2.75, 3.05) is 7.05 Å². The largest absolute Gasteiger partial charge is 0.300 e. The maximum absolute atomic E-state index is 3.00. The third kappa shape index (κ3) is 8.70. The summed E-state index contributed by atoms with van der Waals surface area (Å²) in [5.41, 5.74) is 0. The van der Waals surface area contributed by atoms with Crippen molar-refractivity contribution in [3.63, 3.8) is 0 Å². The molecule has 0 radical (unpaired) electrons. The van der Waals surface area contributed by atoms with Crippen LogP contribution < -0.4 is 0 Å². The van der Waals surface area contributed by atoms with Gasteiger partial charge >= 0.3 is 0 Å². The van der Waals surface area contributed by atoms with Crippen molar-refractivity contribution >= 4 is 0 Å². The zero-order chi connectivity index (χ0) is 32.8. The van der Waals surface area contributed by atoms with Crippen LogP contribution in [0, 0.1) is 65.1 Å². The van der Waals surface area contributed by atoms with Crippen LogP contribution >= 0.6 is 0 Å². The molecule has 0 spiro atoms. The van der Waals surface area contributed by atoms with Crippen molar-refractivity contribution < 1.29 is 0 Å². The van der Waals surface area contributed by atoms with Crippen LogP contribution in [0.2, 0.25) is 0 Å². The molecule has 11 atom stereocenters. The van der Waals surface area contributed by atoms with Gasteiger partial charge in [-0.05, 0) is 130 Å². The minimum absolute atomic E-state index is 0.884. The van der Waals surface area contributed by atoms with Crippen LogP contribution in [0.1, 0.15) is 192 Å². The first-order valence-electron chi connectivity index (χ1n) is 21.3. The van der Waals surface area contributed by atoms with Crippen LogP contribution in [0.5, 0.6) is 0 Å². The molecule has 11 unspecified atom stereocenters. The first-order chi connectivity index (χ1) is 21.6. The van der Waals surface area contributed by atoms with Gasteiger partial charge in [-0.25, -0.2) is 0 Å². The van der Waals surface area contributed by atoms with Gasteiger partial charge in [0.15, 0.2) is 0 Å². The van der Waals surface area contributed by atoms with Gasteiger partial charge in [-0.1, -0.05) is 134 Å². The molecule has 1 aliphatic heterocycles. The normalized spacial score (nSPS) is 41.4. The lowest BCUT2D eigenvalue weighted by molar-refractivity contribution is 0.0839. The molecule has 1 saturated heterocycles. The van der Waals surface area contributed by atoms with E-state index >= 15 is 0 Å². The van der Waals surface area contributed by atoms with E-state index in [-0.39, 0.29) is 0 Å². The van der Waals surface area contributed by atoms with Gasteiger partial charge in [0.1, 0.15) is 0 Å². The van der Waals surface area contributed by atoms with Crippen LogP contribution in [0.15, 0.2) is 0 Å². The molecule has 0 amide bonds. The molecule has 7 fully saturated rings. The van der Waals surface area contributed by atoms with Gasteiger partial charge in [0, 0.05) is 12.1 Å². The maximum Gasteiger partial charge on any atom is 0.0160 e. The molecule has 0 N–H and O–H groups in total. The van der Waals surface area contributed by atoms with Gasteiger partial charge in [-0.2, -0.15) is 0 Å². The summed E-state index contributed by atoms with van der Waals surface area (Å²) in [6, 6.07) is 1.94. The average Bonchev–Trinajstić information content (AvgIpc) is 3.72. The van der Waals surface area contributed by atoms with E-state index in [0.29, 0.717) is 0 Å². The Morgan fingerprint density at radius 2 is 0.818 bits per heavy atom. The third-order valence-electron chi connectivity index (χ3n) is 13.8. The van der Waals surface area contributed by atoms with E-state index in [2.05, 4.69) is 32.7 Å². The lowest BCUT2D eigenvalue weighted by atomic mass is 9.66. The van der Waals surface area contributed by atoms with Crippen molar-refractivity contribution in [2.45, 2.75) is 204 Å². The fourth-order valence-corrected chi connectivity index (χ4v) is 12.2. The Kier molecular flexibility index (Phi) is 19.2. The van der Waals surface area contributed by atoms with Crippen LogP contribution in [0.4, 0.5) is 0 Å². The molecule has 0 aromatic rings. The maximum atomic E-state index is 3.00. The van der Waals surface area contributed by atoms with E-state index in [1.54, 1.807) is 96.3 Å². The van der Waals surface area contributed by atoms with E-state index in [0.717, 1.165) is 77.2 Å². The van der Waals surface area contributed by atoms with E-state index < -0.39 is 0 Å². The Labute approximate surface area is 280 Å². The second kappa shape index (κ2) is 21.0. The molecular formula is C43H85N. The molecule has 7 rings (SSSR count). The molecule has 1 heteroatoms. The zero-order valence-corrected chi connectivity index (χ0v) is 32.7. The molecule has 0 aromatic heterocycles. The average molecular weight is 616 g/mol. The number of nitrogens with zero attached hydrogens (tertiary/aromatic N) is 1. The highest BCUT2D eigenvalue weighted by Crippen LogP contribution is 2.65. The first-order valence-corrected chi connectivity index (χ1v) is 21.3. The van der Waals surface area contributed by atoms with Crippen LogP contribution in [0.25, 0.3) is 0 Å². The summed E-state index contributed by atoms with van der Waals surface area (Å²) >= 11 is 0. The van der Waals surface area contributed by atoms with Crippen molar-refractivity contribution in [2.24, 2.45) is 65.1 Å². The summed E-state index contributed by atoms with van der Waals surface area (Å²) in [6.45, 7) is 22.6. The summed E-state index contributed by atoms with van der Waals surface area (Å²) in [5.74, 6) is 12.1. The molecule has 0 aromatic carbocycles. The minimum Gasteiger partial charge on any atom is -0.300 e. The molecular weight excluding hydrogens is 530 g/mol. The summed E-state index contributed by atoms with van der Waals surface area (Å²) in [5, 5.41) is 0. The molecule has 44 heavy (non-hydrogen) atoms. The van der Waals surface area contributed by atoms with Gasteiger partial charge in [-0.15, -0.1) is 0 Å². The van der Waals surface area contributed by atoms with Gasteiger partial charge < -0.3 is 0 Å². The second-order valence-corrected chi connectivity index (χ2v) is 15.5. The van der Waals surface area contributed by atoms with Crippen LogP contribution in [-0.2, 0) is 0 Å². The summed E-state index contributed by atoms with van der Waals surface area (Å²) in [6.07, 6.45) is 28.1. The van der Waals surface area contributed by atoms with Crippen LogP contribution in [0.3, 0.4) is 0 Å². The Morgan fingerprint density at radius 3 is 1.25 bits per heavy atom. The summed E-state index contributed by atoms with van der Waals surface area (Å²) in [4.78, 5) is 3.00. The number of rotatable bonds is 3. The minimum atomic E-state index is 0.884. The standard InChI is InChI=1S/C30H49N.C5H12.4C2H6/c1-31-28-17-9-8-16-25(28)29-27(23-14-6-7-15-24(23)30(29)31)18-26-21-12-4-2-10-19(21)20-11-3-5-13-22(20)26;1-4-5(2)3;4*1-2/h19-30H,2-18H2,1H3;5H,4H2,1-3H3;4*1-2H3. The monoisotopic (exact) mass is 616 g/mol. The molecule has 1 nitrogen and oxygen atoms in total. The predicted molar refractivity (Wildman–Crippen MR) is 199 cm³/mol. The third-order valence-corrected chi connectivity index (χ3v) is 13.8. The Bertz CT molecular complexity index is 690. The van der Waals surface area contributed by atoms with E-state index in [9.17, 15) is 0 Å². The summed E-state index contributed by atoms with van der Waals surface area (Å²) in [7, 11) is 2.58. The highest BCUT2D eigenvalue weighted by atomic mass is 15.2. The van der Waals surface area contributed by atoms with Crippen LogP contribution in [-0.4, -0.2) is 24.0 Å². The first kappa shape index (κ1) is 40.1. The fourth-order valence-electron chi connectivity index (χ4n) is 12.2. The lowest BCUT2D eigenvalue weighted by Gasteiger charge is -2.41. The number of hydrogen-bond acceptors (Lipinski definition) is 1. The topological polar surface area (TPSA) is 3.24 Å². The van der Waals surface area contributed by atoms with Gasteiger partial charge in [0.2, 0.25) is 0 Å². The molecule has 0 bridgehead atoms.